The van der Waals surface area contributed by atoms with E-state index in [1.54, 1.807) is 36.0 Å². The number of imidazole rings is 1. The first-order valence-electron chi connectivity index (χ1n) is 7.60. The highest BCUT2D eigenvalue weighted by atomic mass is 19.1. The fourth-order valence-corrected chi connectivity index (χ4v) is 2.77. The van der Waals surface area contributed by atoms with E-state index < -0.39 is 18.0 Å². The van der Waals surface area contributed by atoms with Crippen LogP contribution < -0.4 is 4.90 Å². The van der Waals surface area contributed by atoms with Crippen LogP contribution in [0.3, 0.4) is 0 Å². The number of hydrogen-bond donors (Lipinski definition) is 0. The summed E-state index contributed by atoms with van der Waals surface area (Å²) in [4.78, 5) is 18.9. The summed E-state index contributed by atoms with van der Waals surface area (Å²) < 4.78 is 21.4. The van der Waals surface area contributed by atoms with Crippen LogP contribution in [0.15, 0.2) is 36.9 Å². The van der Waals surface area contributed by atoms with Gasteiger partial charge >= 0.3 is 6.09 Å². The Morgan fingerprint density at radius 2 is 2.28 bits per heavy atom. The van der Waals surface area contributed by atoms with Gasteiger partial charge in [-0.25, -0.2) is 14.2 Å². The van der Waals surface area contributed by atoms with Crippen molar-refractivity contribution in [3.05, 3.63) is 48.6 Å². The Hall–Kier alpha value is -3.30. The maximum Gasteiger partial charge on any atom is 0.414 e. The molecule has 1 saturated heterocycles. The van der Waals surface area contributed by atoms with Gasteiger partial charge in [0.2, 0.25) is 0 Å². The van der Waals surface area contributed by atoms with Crippen molar-refractivity contribution in [2.75, 3.05) is 11.4 Å². The smallest absolute Gasteiger partial charge is 0.414 e. The number of aromatic nitrogens is 6. The molecule has 1 amide bonds. The Balaban J connectivity index is 1.55. The molecule has 1 atom stereocenters. The third kappa shape index (κ3) is 2.82. The van der Waals surface area contributed by atoms with Crippen LogP contribution in [-0.4, -0.2) is 48.5 Å². The number of hydrogen-bond acceptors (Lipinski definition) is 6. The average Bonchev–Trinajstić information content (AvgIpc) is 3.30. The molecule has 3 heterocycles. The first-order chi connectivity index (χ1) is 12.1. The molecule has 9 nitrogen and oxygen atoms in total. The second kappa shape index (κ2) is 5.96. The van der Waals surface area contributed by atoms with Crippen molar-refractivity contribution in [3.63, 3.8) is 0 Å². The molecule has 0 N–H and O–H groups in total. The Bertz CT molecular complexity index is 909. The standard InChI is InChI=1S/C15H14FN7O2/c1-10-17-4-5-21(10)14-3-2-11(6-13(14)16)22-7-12(25-15(22)24)8-23-19-9-18-20-23/h2-6,9,12H,7-8H2,1H3/t12-/m1/s1. The van der Waals surface area contributed by atoms with Gasteiger partial charge in [-0.2, -0.15) is 4.80 Å². The zero-order chi connectivity index (χ0) is 17.4. The molecule has 0 aliphatic carbocycles. The lowest BCUT2D eigenvalue weighted by atomic mass is 10.2. The van der Waals surface area contributed by atoms with E-state index in [-0.39, 0.29) is 13.1 Å². The van der Waals surface area contributed by atoms with Crippen molar-refractivity contribution in [1.82, 2.24) is 29.8 Å². The van der Waals surface area contributed by atoms with Gasteiger partial charge in [0.15, 0.2) is 6.33 Å². The average molecular weight is 343 g/mol. The number of carbonyl (C=O) groups is 1. The summed E-state index contributed by atoms with van der Waals surface area (Å²) in [6.45, 7) is 2.36. The van der Waals surface area contributed by atoms with Gasteiger partial charge in [0.1, 0.15) is 24.3 Å². The lowest BCUT2D eigenvalue weighted by molar-refractivity contribution is 0.126. The van der Waals surface area contributed by atoms with Gasteiger partial charge in [0, 0.05) is 12.4 Å². The highest BCUT2D eigenvalue weighted by Crippen LogP contribution is 2.26. The van der Waals surface area contributed by atoms with Crippen molar-refractivity contribution in [2.45, 2.75) is 19.6 Å². The molecule has 3 aromatic rings. The number of amides is 1. The molecular weight excluding hydrogens is 329 g/mol. The zero-order valence-electron chi connectivity index (χ0n) is 13.3. The molecule has 128 valence electrons. The molecule has 2 aromatic heterocycles. The number of cyclic esters (lactones) is 1. The van der Waals surface area contributed by atoms with Crippen LogP contribution in [0, 0.1) is 12.7 Å². The van der Waals surface area contributed by atoms with Gasteiger partial charge in [0.05, 0.1) is 17.9 Å². The highest BCUT2D eigenvalue weighted by molar-refractivity contribution is 5.89. The molecule has 0 bridgehead atoms. The second-order valence-electron chi connectivity index (χ2n) is 5.59. The van der Waals surface area contributed by atoms with Crippen molar-refractivity contribution in [1.29, 1.82) is 0 Å². The minimum atomic E-state index is -0.531. The quantitative estimate of drug-likeness (QED) is 0.710. The van der Waals surface area contributed by atoms with Crippen LogP contribution in [0.1, 0.15) is 5.82 Å². The molecule has 0 saturated carbocycles. The van der Waals surface area contributed by atoms with Gasteiger partial charge in [-0.05, 0) is 30.3 Å². The number of benzene rings is 1. The summed E-state index contributed by atoms with van der Waals surface area (Å²) in [5, 5.41) is 11.2. The number of rotatable bonds is 4. The van der Waals surface area contributed by atoms with Crippen LogP contribution >= 0.6 is 0 Å². The maximum atomic E-state index is 14.5. The maximum absolute atomic E-state index is 14.5. The van der Waals surface area contributed by atoms with E-state index in [1.807, 2.05) is 0 Å². The molecule has 1 fully saturated rings. The number of halogens is 1. The summed E-state index contributed by atoms with van der Waals surface area (Å²) in [6.07, 6.45) is 3.62. The first-order valence-corrected chi connectivity index (χ1v) is 7.60. The summed E-state index contributed by atoms with van der Waals surface area (Å²) >= 11 is 0. The Labute approximate surface area is 141 Å². The third-order valence-electron chi connectivity index (χ3n) is 3.96. The largest absolute Gasteiger partial charge is 0.442 e. The minimum Gasteiger partial charge on any atom is -0.442 e. The fraction of sp³-hybridized carbons (Fsp3) is 0.267. The SMILES string of the molecule is Cc1nccn1-c1ccc(N2C[C@H](Cn3ncnn3)OC2=O)cc1F. The molecule has 0 spiro atoms. The fourth-order valence-electron chi connectivity index (χ4n) is 2.77. The predicted molar refractivity (Wildman–Crippen MR) is 83.7 cm³/mol. The van der Waals surface area contributed by atoms with E-state index in [0.717, 1.165) is 0 Å². The van der Waals surface area contributed by atoms with E-state index in [1.165, 1.54) is 22.1 Å². The lowest BCUT2D eigenvalue weighted by Gasteiger charge is -2.15. The van der Waals surface area contributed by atoms with Crippen molar-refractivity contribution < 1.29 is 13.9 Å². The van der Waals surface area contributed by atoms with E-state index in [4.69, 9.17) is 4.74 Å². The lowest BCUT2D eigenvalue weighted by Crippen LogP contribution is -2.26. The topological polar surface area (TPSA) is 91.0 Å². The monoisotopic (exact) mass is 343 g/mol. The van der Waals surface area contributed by atoms with Gasteiger partial charge in [-0.15, -0.1) is 10.2 Å². The number of carbonyl (C=O) groups excluding carboxylic acids is 1. The van der Waals surface area contributed by atoms with E-state index in [9.17, 15) is 9.18 Å². The normalized spacial score (nSPS) is 17.1. The molecule has 1 aromatic carbocycles. The van der Waals surface area contributed by atoms with E-state index in [0.29, 0.717) is 17.2 Å². The number of tetrazole rings is 1. The Kier molecular flexibility index (Phi) is 3.64. The van der Waals surface area contributed by atoms with Crippen LogP contribution in [0.2, 0.25) is 0 Å². The minimum absolute atomic E-state index is 0.281. The molecule has 1 aliphatic rings. The number of anilines is 1. The van der Waals surface area contributed by atoms with Crippen LogP contribution in [0.25, 0.3) is 5.69 Å². The summed E-state index contributed by atoms with van der Waals surface area (Å²) in [5.41, 5.74) is 0.799. The number of aryl methyl sites for hydroxylation is 1. The molecule has 0 unspecified atom stereocenters. The third-order valence-corrected chi connectivity index (χ3v) is 3.96. The van der Waals surface area contributed by atoms with Crippen LogP contribution in [-0.2, 0) is 11.3 Å². The molecular formula is C15H14FN7O2. The van der Waals surface area contributed by atoms with E-state index >= 15 is 0 Å². The first kappa shape index (κ1) is 15.2. The van der Waals surface area contributed by atoms with Gasteiger partial charge in [-0.3, -0.25) is 4.90 Å². The van der Waals surface area contributed by atoms with Crippen molar-refractivity contribution in [3.8, 4) is 5.69 Å². The zero-order valence-corrected chi connectivity index (χ0v) is 13.3. The van der Waals surface area contributed by atoms with Crippen molar-refractivity contribution >= 4 is 11.8 Å². The second-order valence-corrected chi connectivity index (χ2v) is 5.59. The molecule has 25 heavy (non-hydrogen) atoms. The van der Waals surface area contributed by atoms with Crippen LogP contribution in [0.4, 0.5) is 14.9 Å². The summed E-state index contributed by atoms with van der Waals surface area (Å²) in [5.74, 6) is 0.223. The summed E-state index contributed by atoms with van der Waals surface area (Å²) in [7, 11) is 0. The Morgan fingerprint density at radius 3 is 2.96 bits per heavy atom. The Morgan fingerprint density at radius 1 is 1.40 bits per heavy atom. The van der Waals surface area contributed by atoms with Crippen molar-refractivity contribution in [2.24, 2.45) is 0 Å². The molecule has 10 heteroatoms. The van der Waals surface area contributed by atoms with Gasteiger partial charge in [0.25, 0.3) is 0 Å². The highest BCUT2D eigenvalue weighted by Gasteiger charge is 2.33. The number of ether oxygens (including phenoxy) is 1. The molecule has 1 aliphatic heterocycles. The van der Waals surface area contributed by atoms with Gasteiger partial charge < -0.3 is 9.30 Å². The molecule has 0 radical (unpaired) electrons. The van der Waals surface area contributed by atoms with Crippen LogP contribution in [0.5, 0.6) is 0 Å². The van der Waals surface area contributed by atoms with E-state index in [2.05, 4.69) is 20.4 Å². The molecule has 4 rings (SSSR count). The predicted octanol–water partition coefficient (Wildman–Crippen LogP) is 1.33. The summed E-state index contributed by atoms with van der Waals surface area (Å²) in [6, 6.07) is 4.60. The van der Waals surface area contributed by atoms with Gasteiger partial charge in [-0.1, -0.05) is 0 Å². The number of nitrogens with zero attached hydrogens (tertiary/aromatic N) is 7.